The van der Waals surface area contributed by atoms with Crippen molar-refractivity contribution in [1.29, 1.82) is 0 Å². The molecule has 1 fully saturated rings. The van der Waals surface area contributed by atoms with Crippen molar-refractivity contribution in [2.75, 3.05) is 6.54 Å². The first kappa shape index (κ1) is 16.8. The number of amides is 2. The average Bonchev–Trinajstić information content (AvgIpc) is 3.27. The molecule has 0 heterocycles. The summed E-state index contributed by atoms with van der Waals surface area (Å²) >= 11 is 5.92. The van der Waals surface area contributed by atoms with Crippen molar-refractivity contribution in [1.82, 2.24) is 10.6 Å². The van der Waals surface area contributed by atoms with Gasteiger partial charge in [0.2, 0.25) is 11.8 Å². The van der Waals surface area contributed by atoms with E-state index in [9.17, 15) is 9.59 Å². The van der Waals surface area contributed by atoms with Crippen LogP contribution < -0.4 is 10.6 Å². The van der Waals surface area contributed by atoms with E-state index in [-0.39, 0.29) is 29.7 Å². The summed E-state index contributed by atoms with van der Waals surface area (Å²) < 4.78 is 0. The van der Waals surface area contributed by atoms with Crippen LogP contribution in [0.4, 0.5) is 0 Å². The predicted molar refractivity (Wildman–Crippen MR) is 87.7 cm³/mol. The molecule has 0 spiro atoms. The summed E-state index contributed by atoms with van der Waals surface area (Å²) in [6.45, 7) is 4.56. The highest BCUT2D eigenvalue weighted by Crippen LogP contribution is 2.38. The second-order valence-corrected chi connectivity index (χ2v) is 6.37. The minimum atomic E-state index is -0.164. The Balaban J connectivity index is 1.70. The number of carbonyl (C=O) groups is 2. The van der Waals surface area contributed by atoms with Gasteiger partial charge in [0, 0.05) is 17.6 Å². The quantitative estimate of drug-likeness (QED) is 0.810. The maximum atomic E-state index is 12.0. The van der Waals surface area contributed by atoms with Gasteiger partial charge < -0.3 is 10.6 Å². The summed E-state index contributed by atoms with van der Waals surface area (Å²) in [4.78, 5) is 23.9. The van der Waals surface area contributed by atoms with E-state index in [4.69, 9.17) is 11.6 Å². The molecule has 5 heteroatoms. The molecule has 3 unspecified atom stereocenters. The maximum absolute atomic E-state index is 12.0. The van der Waals surface area contributed by atoms with Gasteiger partial charge in [-0.3, -0.25) is 9.59 Å². The lowest BCUT2D eigenvalue weighted by Crippen LogP contribution is -2.35. The predicted octanol–water partition coefficient (Wildman–Crippen LogP) is 2.55. The molecular weight excluding hydrogens is 300 g/mol. The molecule has 2 rings (SSSR count). The van der Waals surface area contributed by atoms with Gasteiger partial charge in [-0.15, -0.1) is 0 Å². The van der Waals surface area contributed by atoms with Crippen molar-refractivity contribution in [3.8, 4) is 0 Å². The first-order chi connectivity index (χ1) is 10.5. The molecule has 1 aliphatic rings. The van der Waals surface area contributed by atoms with Crippen molar-refractivity contribution in [2.45, 2.75) is 39.2 Å². The summed E-state index contributed by atoms with van der Waals surface area (Å²) in [6.07, 6.45) is 2.29. The zero-order valence-electron chi connectivity index (χ0n) is 13.1. The van der Waals surface area contributed by atoms with Crippen LogP contribution in [0.3, 0.4) is 0 Å². The maximum Gasteiger partial charge on any atom is 0.224 e. The van der Waals surface area contributed by atoms with E-state index in [1.165, 1.54) is 0 Å². The van der Waals surface area contributed by atoms with Gasteiger partial charge in [-0.1, -0.05) is 30.7 Å². The molecule has 0 saturated heterocycles. The molecule has 120 valence electrons. The van der Waals surface area contributed by atoms with Crippen LogP contribution in [0, 0.1) is 11.8 Å². The van der Waals surface area contributed by atoms with E-state index in [0.717, 1.165) is 18.4 Å². The number of carbonyl (C=O) groups excluding carboxylic acids is 2. The SMILES string of the molecule is CCC(C)NC(=O)C1CC1C(=O)NCCc1cccc(Cl)c1. The Labute approximate surface area is 136 Å². The monoisotopic (exact) mass is 322 g/mol. The highest BCUT2D eigenvalue weighted by Gasteiger charge is 2.47. The summed E-state index contributed by atoms with van der Waals surface area (Å²) in [7, 11) is 0. The normalized spacial score (nSPS) is 21.0. The molecule has 1 aromatic carbocycles. The van der Waals surface area contributed by atoms with E-state index >= 15 is 0 Å². The minimum Gasteiger partial charge on any atom is -0.356 e. The van der Waals surface area contributed by atoms with Gasteiger partial charge >= 0.3 is 0 Å². The second-order valence-electron chi connectivity index (χ2n) is 5.94. The van der Waals surface area contributed by atoms with E-state index < -0.39 is 0 Å². The van der Waals surface area contributed by atoms with Crippen LogP contribution in [0.25, 0.3) is 0 Å². The third-order valence-electron chi connectivity index (χ3n) is 4.07. The Hall–Kier alpha value is -1.55. The van der Waals surface area contributed by atoms with Crippen LogP contribution >= 0.6 is 11.6 Å². The van der Waals surface area contributed by atoms with Gasteiger partial charge in [0.15, 0.2) is 0 Å². The summed E-state index contributed by atoms with van der Waals surface area (Å²) in [6, 6.07) is 7.77. The van der Waals surface area contributed by atoms with Crippen molar-refractivity contribution in [3.05, 3.63) is 34.9 Å². The molecule has 0 aromatic heterocycles. The molecule has 1 aliphatic carbocycles. The Morgan fingerprint density at radius 2 is 2.05 bits per heavy atom. The number of halogens is 1. The third kappa shape index (κ3) is 4.73. The summed E-state index contributed by atoms with van der Waals surface area (Å²) in [5.74, 6) is -0.334. The van der Waals surface area contributed by atoms with Crippen molar-refractivity contribution >= 4 is 23.4 Å². The zero-order valence-corrected chi connectivity index (χ0v) is 13.8. The molecule has 3 atom stereocenters. The number of hydrogen-bond donors (Lipinski definition) is 2. The third-order valence-corrected chi connectivity index (χ3v) is 4.30. The molecule has 2 N–H and O–H groups in total. The number of hydrogen-bond acceptors (Lipinski definition) is 2. The highest BCUT2D eigenvalue weighted by molar-refractivity contribution is 6.30. The van der Waals surface area contributed by atoms with Gasteiger partial charge in [0.1, 0.15) is 0 Å². The molecule has 0 aliphatic heterocycles. The van der Waals surface area contributed by atoms with Crippen LogP contribution in [-0.4, -0.2) is 24.4 Å². The summed E-state index contributed by atoms with van der Waals surface area (Å²) in [5.41, 5.74) is 1.09. The van der Waals surface area contributed by atoms with Crippen molar-refractivity contribution < 1.29 is 9.59 Å². The van der Waals surface area contributed by atoms with E-state index in [1.807, 2.05) is 38.1 Å². The van der Waals surface area contributed by atoms with Gasteiger partial charge in [-0.2, -0.15) is 0 Å². The van der Waals surface area contributed by atoms with Crippen LogP contribution in [0.2, 0.25) is 5.02 Å². The van der Waals surface area contributed by atoms with Crippen LogP contribution in [0.15, 0.2) is 24.3 Å². The molecule has 0 radical (unpaired) electrons. The first-order valence-electron chi connectivity index (χ1n) is 7.83. The number of nitrogens with one attached hydrogen (secondary N) is 2. The van der Waals surface area contributed by atoms with E-state index in [0.29, 0.717) is 18.0 Å². The van der Waals surface area contributed by atoms with Crippen LogP contribution in [0.5, 0.6) is 0 Å². The first-order valence-corrected chi connectivity index (χ1v) is 8.21. The Bertz CT molecular complexity index is 547. The van der Waals surface area contributed by atoms with Crippen molar-refractivity contribution in [2.24, 2.45) is 11.8 Å². The van der Waals surface area contributed by atoms with E-state index in [2.05, 4.69) is 10.6 Å². The van der Waals surface area contributed by atoms with Gasteiger partial charge in [0.25, 0.3) is 0 Å². The zero-order chi connectivity index (χ0) is 16.1. The Morgan fingerprint density at radius 3 is 2.73 bits per heavy atom. The Kier molecular flexibility index (Phi) is 5.83. The molecule has 0 bridgehead atoms. The molecule has 1 aromatic rings. The fourth-order valence-corrected chi connectivity index (χ4v) is 2.59. The van der Waals surface area contributed by atoms with Crippen LogP contribution in [-0.2, 0) is 16.0 Å². The fraction of sp³-hybridized carbons (Fsp3) is 0.529. The number of benzene rings is 1. The van der Waals surface area contributed by atoms with Crippen molar-refractivity contribution in [3.63, 3.8) is 0 Å². The van der Waals surface area contributed by atoms with Crippen LogP contribution in [0.1, 0.15) is 32.3 Å². The van der Waals surface area contributed by atoms with Gasteiger partial charge in [-0.05, 0) is 43.9 Å². The largest absolute Gasteiger partial charge is 0.356 e. The summed E-state index contributed by atoms with van der Waals surface area (Å²) in [5, 5.41) is 6.54. The topological polar surface area (TPSA) is 58.2 Å². The molecule has 1 saturated carbocycles. The lowest BCUT2D eigenvalue weighted by atomic mass is 10.1. The lowest BCUT2D eigenvalue weighted by molar-refractivity contribution is -0.127. The minimum absolute atomic E-state index is 0.00402. The number of rotatable bonds is 7. The molecule has 4 nitrogen and oxygen atoms in total. The van der Waals surface area contributed by atoms with Gasteiger partial charge in [0.05, 0.1) is 11.8 Å². The highest BCUT2D eigenvalue weighted by atomic mass is 35.5. The van der Waals surface area contributed by atoms with Gasteiger partial charge in [-0.25, -0.2) is 0 Å². The smallest absolute Gasteiger partial charge is 0.224 e. The second kappa shape index (κ2) is 7.63. The fourth-order valence-electron chi connectivity index (χ4n) is 2.38. The van der Waals surface area contributed by atoms with E-state index in [1.54, 1.807) is 0 Å². The molecular formula is C17H23ClN2O2. The Morgan fingerprint density at radius 1 is 1.32 bits per heavy atom. The molecule has 2 amide bonds. The average molecular weight is 323 g/mol. The standard InChI is InChI=1S/C17H23ClN2O2/c1-3-11(2)20-17(22)15-10-14(15)16(21)19-8-7-12-5-4-6-13(18)9-12/h4-6,9,11,14-15H,3,7-8,10H2,1-2H3,(H,19,21)(H,20,22). The lowest BCUT2D eigenvalue weighted by Gasteiger charge is -2.11. The molecule has 22 heavy (non-hydrogen) atoms.